The summed E-state index contributed by atoms with van der Waals surface area (Å²) in [5.41, 5.74) is -0.484. The van der Waals surface area contributed by atoms with Crippen molar-refractivity contribution in [3.05, 3.63) is 34.4 Å². The van der Waals surface area contributed by atoms with Crippen LogP contribution in [0.2, 0.25) is 5.02 Å². The molecule has 0 heterocycles. The number of benzene rings is 1. The average Bonchev–Trinajstić information content (AvgIpc) is 2.12. The van der Waals surface area contributed by atoms with E-state index >= 15 is 0 Å². The van der Waals surface area contributed by atoms with Crippen LogP contribution >= 0.6 is 23.2 Å². The molecule has 0 amide bonds. The number of rotatable bonds is 2. The molecular formula is C8H6Cl2F2O. The minimum Gasteiger partial charge on any atom is -0.387 e. The molecule has 1 N–H and O–H groups in total. The van der Waals surface area contributed by atoms with Gasteiger partial charge in [0.1, 0.15) is 5.82 Å². The van der Waals surface area contributed by atoms with E-state index in [-0.39, 0.29) is 10.9 Å². The van der Waals surface area contributed by atoms with Gasteiger partial charge in [-0.2, -0.15) is 0 Å². The summed E-state index contributed by atoms with van der Waals surface area (Å²) >= 11 is 10.6. The summed E-state index contributed by atoms with van der Waals surface area (Å²) in [5, 5.41) is 8.91. The molecule has 0 aliphatic rings. The molecule has 0 saturated carbocycles. The highest BCUT2D eigenvalue weighted by Crippen LogP contribution is 2.26. The molecule has 0 saturated heterocycles. The second kappa shape index (κ2) is 4.22. The van der Waals surface area contributed by atoms with Crippen molar-refractivity contribution in [1.29, 1.82) is 0 Å². The van der Waals surface area contributed by atoms with Gasteiger partial charge in [0.05, 0.1) is 22.6 Å². The first-order chi connectivity index (χ1) is 6.07. The zero-order chi connectivity index (χ0) is 10.0. The second-order valence-corrected chi connectivity index (χ2v) is 3.14. The van der Waals surface area contributed by atoms with Crippen LogP contribution in [0.5, 0.6) is 0 Å². The molecule has 0 fully saturated rings. The smallest absolute Gasteiger partial charge is 0.150 e. The van der Waals surface area contributed by atoms with Crippen molar-refractivity contribution < 1.29 is 13.9 Å². The number of halogens is 4. The molecule has 0 aliphatic heterocycles. The molecule has 0 unspecified atom stereocenters. The van der Waals surface area contributed by atoms with E-state index in [0.29, 0.717) is 0 Å². The molecule has 0 spiro atoms. The Morgan fingerprint density at radius 1 is 1.38 bits per heavy atom. The van der Waals surface area contributed by atoms with Crippen LogP contribution in [0.4, 0.5) is 8.78 Å². The molecule has 13 heavy (non-hydrogen) atoms. The summed E-state index contributed by atoms with van der Waals surface area (Å²) in [4.78, 5) is 0. The Bertz CT molecular complexity index is 317. The van der Waals surface area contributed by atoms with E-state index in [9.17, 15) is 8.78 Å². The highest BCUT2D eigenvalue weighted by atomic mass is 35.5. The molecule has 5 heteroatoms. The first-order valence-electron chi connectivity index (χ1n) is 3.45. The maximum Gasteiger partial charge on any atom is 0.150 e. The van der Waals surface area contributed by atoms with E-state index in [4.69, 9.17) is 28.3 Å². The van der Waals surface area contributed by atoms with Crippen LogP contribution < -0.4 is 0 Å². The van der Waals surface area contributed by atoms with Gasteiger partial charge >= 0.3 is 0 Å². The van der Waals surface area contributed by atoms with Crippen molar-refractivity contribution in [2.45, 2.75) is 6.10 Å². The normalized spacial score (nSPS) is 13.0. The Labute approximate surface area is 83.9 Å². The number of hydrogen-bond acceptors (Lipinski definition) is 1. The van der Waals surface area contributed by atoms with E-state index in [1.807, 2.05) is 0 Å². The number of aliphatic hydroxyl groups excluding tert-OH is 1. The van der Waals surface area contributed by atoms with Crippen molar-refractivity contribution in [2.24, 2.45) is 0 Å². The van der Waals surface area contributed by atoms with E-state index in [0.717, 1.165) is 12.1 Å². The minimum atomic E-state index is -1.37. The molecule has 0 bridgehead atoms. The molecule has 1 aromatic rings. The van der Waals surface area contributed by atoms with Gasteiger partial charge in [-0.3, -0.25) is 0 Å². The number of alkyl halides is 1. The Balaban J connectivity index is 3.25. The fourth-order valence-electron chi connectivity index (χ4n) is 0.925. The topological polar surface area (TPSA) is 20.2 Å². The van der Waals surface area contributed by atoms with Crippen LogP contribution in [0.3, 0.4) is 0 Å². The van der Waals surface area contributed by atoms with Gasteiger partial charge in [0, 0.05) is 0 Å². The second-order valence-electron chi connectivity index (χ2n) is 2.43. The first-order valence-corrected chi connectivity index (χ1v) is 4.36. The molecule has 1 aromatic carbocycles. The van der Waals surface area contributed by atoms with Crippen molar-refractivity contribution in [1.82, 2.24) is 0 Å². The summed E-state index contributed by atoms with van der Waals surface area (Å²) in [6.45, 7) is 0. The SMILES string of the molecule is O[C@H](CCl)c1c(F)ccc(Cl)c1F. The molecule has 0 radical (unpaired) electrons. The molecular weight excluding hydrogens is 221 g/mol. The van der Waals surface area contributed by atoms with Gasteiger partial charge < -0.3 is 5.11 Å². The molecule has 1 atom stereocenters. The molecule has 1 rings (SSSR count). The number of aliphatic hydroxyl groups is 1. The summed E-state index contributed by atoms with van der Waals surface area (Å²) in [5.74, 6) is -2.10. The van der Waals surface area contributed by atoms with Crippen LogP contribution in [-0.2, 0) is 0 Å². The largest absolute Gasteiger partial charge is 0.387 e. The monoisotopic (exact) mass is 226 g/mol. The van der Waals surface area contributed by atoms with Gasteiger partial charge in [-0.15, -0.1) is 11.6 Å². The van der Waals surface area contributed by atoms with E-state index in [2.05, 4.69) is 0 Å². The third kappa shape index (κ3) is 2.10. The molecule has 0 aliphatic carbocycles. The lowest BCUT2D eigenvalue weighted by Gasteiger charge is -2.10. The van der Waals surface area contributed by atoms with Crippen LogP contribution in [0, 0.1) is 11.6 Å². The Morgan fingerprint density at radius 3 is 2.54 bits per heavy atom. The lowest BCUT2D eigenvalue weighted by Crippen LogP contribution is -2.05. The number of hydrogen-bond donors (Lipinski definition) is 1. The van der Waals surface area contributed by atoms with Crippen molar-refractivity contribution in [3.63, 3.8) is 0 Å². The van der Waals surface area contributed by atoms with E-state index in [1.54, 1.807) is 0 Å². The van der Waals surface area contributed by atoms with Crippen molar-refractivity contribution in [2.75, 3.05) is 5.88 Å². The summed E-state index contributed by atoms with van der Waals surface area (Å²) in [6, 6.07) is 2.06. The van der Waals surface area contributed by atoms with Crippen molar-refractivity contribution in [3.8, 4) is 0 Å². The third-order valence-corrected chi connectivity index (χ3v) is 2.14. The minimum absolute atomic E-state index is 0.236. The van der Waals surface area contributed by atoms with Gasteiger partial charge in [0.15, 0.2) is 5.82 Å². The van der Waals surface area contributed by atoms with Crippen LogP contribution in [0.25, 0.3) is 0 Å². The summed E-state index contributed by atoms with van der Waals surface area (Å²) in [7, 11) is 0. The van der Waals surface area contributed by atoms with Crippen molar-refractivity contribution >= 4 is 23.2 Å². The first kappa shape index (κ1) is 10.7. The van der Waals surface area contributed by atoms with Gasteiger partial charge in [-0.1, -0.05) is 11.6 Å². The molecule has 1 nitrogen and oxygen atoms in total. The Kier molecular flexibility index (Phi) is 3.47. The van der Waals surface area contributed by atoms with Gasteiger partial charge in [-0.25, -0.2) is 8.78 Å². The fourth-order valence-corrected chi connectivity index (χ4v) is 1.24. The highest BCUT2D eigenvalue weighted by molar-refractivity contribution is 6.30. The maximum absolute atomic E-state index is 13.1. The van der Waals surface area contributed by atoms with Crippen LogP contribution in [0.15, 0.2) is 12.1 Å². The predicted molar refractivity (Wildman–Crippen MR) is 47.0 cm³/mol. The Hall–Kier alpha value is -0.380. The molecule has 0 aromatic heterocycles. The lowest BCUT2D eigenvalue weighted by molar-refractivity contribution is 0.192. The van der Waals surface area contributed by atoms with E-state index in [1.165, 1.54) is 0 Å². The zero-order valence-corrected chi connectivity index (χ0v) is 7.91. The zero-order valence-electron chi connectivity index (χ0n) is 6.40. The van der Waals surface area contributed by atoms with Crippen LogP contribution in [-0.4, -0.2) is 11.0 Å². The molecule has 72 valence electrons. The Morgan fingerprint density at radius 2 is 2.00 bits per heavy atom. The fraction of sp³-hybridized carbons (Fsp3) is 0.250. The lowest BCUT2D eigenvalue weighted by atomic mass is 10.1. The quantitative estimate of drug-likeness (QED) is 0.608. The predicted octanol–water partition coefficient (Wildman–Crippen LogP) is 2.89. The average molecular weight is 227 g/mol. The highest BCUT2D eigenvalue weighted by Gasteiger charge is 2.19. The summed E-state index contributed by atoms with van der Waals surface area (Å²) < 4.78 is 26.1. The van der Waals surface area contributed by atoms with Crippen LogP contribution in [0.1, 0.15) is 11.7 Å². The standard InChI is InChI=1S/C8H6Cl2F2O/c9-3-6(13)7-5(11)2-1-4(10)8(7)12/h1-2,6,13H,3H2/t6-/m1/s1. The summed E-state index contributed by atoms with van der Waals surface area (Å²) in [6.07, 6.45) is -1.37. The van der Waals surface area contributed by atoms with Gasteiger partial charge in [-0.05, 0) is 12.1 Å². The van der Waals surface area contributed by atoms with E-state index < -0.39 is 23.3 Å². The van der Waals surface area contributed by atoms with Gasteiger partial charge in [0.2, 0.25) is 0 Å². The maximum atomic E-state index is 13.1. The van der Waals surface area contributed by atoms with Gasteiger partial charge in [0.25, 0.3) is 0 Å². The third-order valence-electron chi connectivity index (χ3n) is 1.56.